The minimum absolute atomic E-state index is 0.0526. The first-order chi connectivity index (χ1) is 11.0. The van der Waals surface area contributed by atoms with Gasteiger partial charge in [-0.05, 0) is 44.9 Å². The summed E-state index contributed by atoms with van der Waals surface area (Å²) in [5.74, 6) is -0.336. The number of hydrogen-bond acceptors (Lipinski definition) is 5. The Hall–Kier alpha value is -1.14. The number of hydrogen-bond donors (Lipinski definition) is 2. The molecule has 1 aliphatic heterocycles. The summed E-state index contributed by atoms with van der Waals surface area (Å²) < 4.78 is 36.2. The Kier molecular flexibility index (Phi) is 6.41. The van der Waals surface area contributed by atoms with Gasteiger partial charge in [-0.3, -0.25) is 9.05 Å². The Bertz CT molecular complexity index is 555. The van der Waals surface area contributed by atoms with Crippen molar-refractivity contribution in [2.45, 2.75) is 32.7 Å². The number of anilines is 2. The summed E-state index contributed by atoms with van der Waals surface area (Å²) in [7, 11) is -3.24. The third-order valence-electron chi connectivity index (χ3n) is 3.76. The summed E-state index contributed by atoms with van der Waals surface area (Å²) in [4.78, 5) is 2.11. The Morgan fingerprint density at radius 2 is 1.91 bits per heavy atom. The van der Waals surface area contributed by atoms with Gasteiger partial charge in [0.25, 0.3) is 0 Å². The molecule has 1 saturated heterocycles. The molecule has 1 aromatic rings. The number of halogens is 1. The molecule has 0 amide bonds. The van der Waals surface area contributed by atoms with Crippen LogP contribution >= 0.6 is 7.75 Å². The van der Waals surface area contributed by atoms with Crippen LogP contribution in [0.5, 0.6) is 0 Å². The van der Waals surface area contributed by atoms with Crippen LogP contribution in [0.25, 0.3) is 0 Å². The van der Waals surface area contributed by atoms with Gasteiger partial charge in [0.15, 0.2) is 0 Å². The van der Waals surface area contributed by atoms with E-state index in [-0.39, 0.29) is 11.9 Å². The summed E-state index contributed by atoms with van der Waals surface area (Å²) in [6, 6.07) is 4.49. The van der Waals surface area contributed by atoms with E-state index in [1.165, 1.54) is 12.1 Å². The Labute approximate surface area is 136 Å². The summed E-state index contributed by atoms with van der Waals surface area (Å²) in [6.45, 7) is 5.71. The molecule has 1 aromatic carbocycles. The van der Waals surface area contributed by atoms with Gasteiger partial charge in [0.1, 0.15) is 5.82 Å². The highest BCUT2D eigenvalue weighted by molar-refractivity contribution is 7.51. The van der Waals surface area contributed by atoms with E-state index >= 15 is 0 Å². The molecular formula is C15H25FN3O3P. The maximum atomic E-state index is 13.1. The zero-order chi connectivity index (χ0) is 16.9. The molecule has 0 radical (unpaired) electrons. The molecule has 0 aromatic heterocycles. The topological polar surface area (TPSA) is 76.8 Å². The van der Waals surface area contributed by atoms with Crippen LogP contribution in [0.3, 0.4) is 0 Å². The van der Waals surface area contributed by atoms with Gasteiger partial charge >= 0.3 is 7.75 Å². The quantitative estimate of drug-likeness (QED) is 0.584. The highest BCUT2D eigenvalue weighted by Gasteiger charge is 2.30. The molecule has 0 unspecified atom stereocenters. The van der Waals surface area contributed by atoms with Crippen molar-refractivity contribution in [1.82, 2.24) is 5.09 Å². The second-order valence-electron chi connectivity index (χ2n) is 5.43. The summed E-state index contributed by atoms with van der Waals surface area (Å²) >= 11 is 0. The fraction of sp³-hybridized carbons (Fsp3) is 0.600. The molecule has 23 heavy (non-hydrogen) atoms. The van der Waals surface area contributed by atoms with E-state index in [1.807, 2.05) is 0 Å². The number of nitrogens with zero attached hydrogens (tertiary/aromatic N) is 1. The van der Waals surface area contributed by atoms with Crippen molar-refractivity contribution in [3.8, 4) is 0 Å². The highest BCUT2D eigenvalue weighted by Crippen LogP contribution is 2.45. The number of nitrogens with one attached hydrogen (secondary N) is 1. The molecule has 6 nitrogen and oxygen atoms in total. The average molecular weight is 345 g/mol. The van der Waals surface area contributed by atoms with Gasteiger partial charge in [0, 0.05) is 19.1 Å². The van der Waals surface area contributed by atoms with E-state index in [9.17, 15) is 8.96 Å². The van der Waals surface area contributed by atoms with Crippen LogP contribution in [0.2, 0.25) is 0 Å². The van der Waals surface area contributed by atoms with Crippen molar-refractivity contribution in [3.05, 3.63) is 24.0 Å². The van der Waals surface area contributed by atoms with Crippen LogP contribution in [-0.4, -0.2) is 32.3 Å². The highest BCUT2D eigenvalue weighted by atomic mass is 31.2. The largest absolute Gasteiger partial charge is 0.405 e. The second kappa shape index (κ2) is 8.11. The third-order valence-corrected chi connectivity index (χ3v) is 5.64. The molecule has 0 aliphatic carbocycles. The van der Waals surface area contributed by atoms with Crippen molar-refractivity contribution >= 4 is 19.1 Å². The lowest BCUT2D eigenvalue weighted by molar-refractivity contribution is 0.204. The second-order valence-corrected chi connectivity index (χ2v) is 7.20. The molecule has 2 rings (SSSR count). The lowest BCUT2D eigenvalue weighted by Gasteiger charge is -2.35. The number of rotatable bonds is 7. The first kappa shape index (κ1) is 18.2. The molecule has 130 valence electrons. The number of nitrogen functional groups attached to an aromatic ring is 1. The molecule has 3 N–H and O–H groups in total. The van der Waals surface area contributed by atoms with Crippen molar-refractivity contribution in [2.24, 2.45) is 0 Å². The normalized spacial score (nSPS) is 16.7. The van der Waals surface area contributed by atoms with Crippen LogP contribution in [0.15, 0.2) is 18.2 Å². The van der Waals surface area contributed by atoms with Crippen molar-refractivity contribution in [1.29, 1.82) is 0 Å². The Balaban J connectivity index is 1.94. The minimum Gasteiger partial charge on any atom is -0.397 e. The zero-order valence-electron chi connectivity index (χ0n) is 13.6. The van der Waals surface area contributed by atoms with Crippen LogP contribution in [0.1, 0.15) is 26.7 Å². The first-order valence-electron chi connectivity index (χ1n) is 7.94. The van der Waals surface area contributed by atoms with Gasteiger partial charge < -0.3 is 10.6 Å². The van der Waals surface area contributed by atoms with Crippen LogP contribution < -0.4 is 15.7 Å². The van der Waals surface area contributed by atoms with E-state index in [0.717, 1.165) is 31.6 Å². The van der Waals surface area contributed by atoms with E-state index in [4.69, 9.17) is 14.8 Å². The maximum Gasteiger partial charge on any atom is 0.405 e. The van der Waals surface area contributed by atoms with E-state index in [2.05, 4.69) is 9.99 Å². The molecular weight excluding hydrogens is 320 g/mol. The lowest BCUT2D eigenvalue weighted by atomic mass is 10.1. The van der Waals surface area contributed by atoms with Crippen molar-refractivity contribution in [2.75, 3.05) is 36.9 Å². The van der Waals surface area contributed by atoms with Gasteiger partial charge in [-0.25, -0.2) is 14.0 Å². The Morgan fingerprint density at radius 3 is 2.43 bits per heavy atom. The predicted octanol–water partition coefficient (Wildman–Crippen LogP) is 3.15. The van der Waals surface area contributed by atoms with E-state index in [0.29, 0.717) is 18.9 Å². The number of nitrogens with two attached hydrogens (primary N) is 1. The standard InChI is InChI=1S/C15H25FN3O3P/c1-3-21-23(20,22-4-2)18-13-7-9-19(10-8-13)15-6-5-12(16)11-14(15)17/h5-6,11,13H,3-4,7-10,17H2,1-2H3,(H,18,20). The summed E-state index contributed by atoms with van der Waals surface area (Å²) in [5, 5.41) is 3.02. The van der Waals surface area contributed by atoms with Crippen molar-refractivity contribution < 1.29 is 18.0 Å². The van der Waals surface area contributed by atoms with Crippen LogP contribution in [0.4, 0.5) is 15.8 Å². The fourth-order valence-corrected chi connectivity index (χ4v) is 4.35. The number of benzene rings is 1. The molecule has 0 spiro atoms. The fourth-order valence-electron chi connectivity index (χ4n) is 2.74. The van der Waals surface area contributed by atoms with Gasteiger partial charge in [-0.1, -0.05) is 0 Å². The van der Waals surface area contributed by atoms with Crippen LogP contribution in [-0.2, 0) is 13.6 Å². The third kappa shape index (κ3) is 4.91. The number of piperidine rings is 1. The molecule has 1 aliphatic rings. The molecule has 8 heteroatoms. The van der Waals surface area contributed by atoms with Gasteiger partial charge in [-0.2, -0.15) is 0 Å². The van der Waals surface area contributed by atoms with E-state index < -0.39 is 7.75 Å². The molecule has 0 bridgehead atoms. The SMILES string of the molecule is CCOP(=O)(NC1CCN(c2ccc(F)cc2N)CC1)OCC. The molecule has 0 atom stereocenters. The van der Waals surface area contributed by atoms with Gasteiger partial charge in [0.2, 0.25) is 0 Å². The lowest BCUT2D eigenvalue weighted by Crippen LogP contribution is -2.42. The molecule has 0 saturated carbocycles. The average Bonchev–Trinajstić information content (AvgIpc) is 2.49. The molecule has 1 heterocycles. The monoisotopic (exact) mass is 345 g/mol. The smallest absolute Gasteiger partial charge is 0.397 e. The van der Waals surface area contributed by atoms with E-state index in [1.54, 1.807) is 19.9 Å². The summed E-state index contributed by atoms with van der Waals surface area (Å²) in [5.41, 5.74) is 7.16. The zero-order valence-corrected chi connectivity index (χ0v) is 14.5. The predicted molar refractivity (Wildman–Crippen MR) is 90.0 cm³/mol. The van der Waals surface area contributed by atoms with Crippen molar-refractivity contribution in [3.63, 3.8) is 0 Å². The molecule has 1 fully saturated rings. The Morgan fingerprint density at radius 1 is 1.30 bits per heavy atom. The summed E-state index contributed by atoms with van der Waals surface area (Å²) in [6.07, 6.45) is 1.56. The van der Waals surface area contributed by atoms with Gasteiger partial charge in [-0.15, -0.1) is 0 Å². The maximum absolute atomic E-state index is 13.1. The van der Waals surface area contributed by atoms with Crippen LogP contribution in [0, 0.1) is 5.82 Å². The van der Waals surface area contributed by atoms with Gasteiger partial charge in [0.05, 0.1) is 24.6 Å². The minimum atomic E-state index is -3.24. The first-order valence-corrected chi connectivity index (χ1v) is 9.48.